The van der Waals surface area contributed by atoms with Crippen LogP contribution in [0.2, 0.25) is 0 Å². The highest BCUT2D eigenvalue weighted by molar-refractivity contribution is 5.77. The summed E-state index contributed by atoms with van der Waals surface area (Å²) in [7, 11) is 0. The van der Waals surface area contributed by atoms with E-state index in [1.165, 1.54) is 0 Å². The first-order valence-electron chi connectivity index (χ1n) is 3.11. The average molecular weight is 172 g/mol. The Hall–Kier alpha value is -1.38. The van der Waals surface area contributed by atoms with Crippen molar-refractivity contribution in [1.82, 2.24) is 0 Å². The number of aliphatic hydroxyl groups is 2. The first kappa shape index (κ1) is 10.6. The van der Waals surface area contributed by atoms with Crippen LogP contribution >= 0.6 is 0 Å². The van der Waals surface area contributed by atoms with Gasteiger partial charge in [0.15, 0.2) is 0 Å². The maximum absolute atomic E-state index is 10.5. The molecule has 1 unspecified atom stereocenters. The van der Waals surface area contributed by atoms with Gasteiger partial charge >= 0.3 is 12.4 Å². The minimum Gasteiger partial charge on any atom is -0.395 e. The van der Waals surface area contributed by atoms with Crippen LogP contribution in [0.5, 0.6) is 0 Å². The van der Waals surface area contributed by atoms with Gasteiger partial charge in [-0.2, -0.15) is 0 Å². The number of hydrogen-bond acceptors (Lipinski definition) is 5. The standard InChI is InChI=1S/C7H8O5/c8-3-1-2-6(10)4-7(11)12-5-9/h5-6,8,10H,3-4H2. The van der Waals surface area contributed by atoms with Crippen LogP contribution in [-0.2, 0) is 14.3 Å². The Balaban J connectivity index is 3.75. The molecule has 5 heteroatoms. The molecular formula is C7H8O5. The lowest BCUT2D eigenvalue weighted by atomic mass is 10.2. The molecule has 12 heavy (non-hydrogen) atoms. The molecule has 0 bridgehead atoms. The Morgan fingerprint density at radius 1 is 1.67 bits per heavy atom. The van der Waals surface area contributed by atoms with E-state index in [2.05, 4.69) is 16.6 Å². The van der Waals surface area contributed by atoms with Gasteiger partial charge in [-0.05, 0) is 0 Å². The Kier molecular flexibility index (Phi) is 5.61. The molecule has 0 fully saturated rings. The average Bonchev–Trinajstić information content (AvgIpc) is 2.01. The molecule has 5 nitrogen and oxygen atoms in total. The van der Waals surface area contributed by atoms with Gasteiger partial charge in [0.1, 0.15) is 12.7 Å². The van der Waals surface area contributed by atoms with Crippen molar-refractivity contribution in [2.45, 2.75) is 12.5 Å². The van der Waals surface area contributed by atoms with Crippen molar-refractivity contribution < 1.29 is 24.5 Å². The molecule has 0 aliphatic rings. The summed E-state index contributed by atoms with van der Waals surface area (Å²) < 4.78 is 3.88. The molecular weight excluding hydrogens is 164 g/mol. The van der Waals surface area contributed by atoms with Crippen LogP contribution < -0.4 is 0 Å². The number of hydrogen-bond donors (Lipinski definition) is 2. The van der Waals surface area contributed by atoms with E-state index in [0.29, 0.717) is 0 Å². The molecule has 0 aromatic heterocycles. The molecule has 66 valence electrons. The summed E-state index contributed by atoms with van der Waals surface area (Å²) >= 11 is 0. The van der Waals surface area contributed by atoms with Gasteiger partial charge in [-0.3, -0.25) is 9.59 Å². The molecule has 0 saturated heterocycles. The van der Waals surface area contributed by atoms with Crippen LogP contribution in [0.15, 0.2) is 0 Å². The Morgan fingerprint density at radius 3 is 2.83 bits per heavy atom. The molecule has 0 aromatic carbocycles. The fourth-order valence-electron chi connectivity index (χ4n) is 0.474. The van der Waals surface area contributed by atoms with Gasteiger partial charge in [-0.15, -0.1) is 0 Å². The molecule has 0 saturated carbocycles. The molecule has 0 radical (unpaired) electrons. The summed E-state index contributed by atoms with van der Waals surface area (Å²) in [6.45, 7) is -0.408. The van der Waals surface area contributed by atoms with Gasteiger partial charge in [0.05, 0.1) is 6.42 Å². The van der Waals surface area contributed by atoms with Crippen molar-refractivity contribution >= 4 is 12.4 Å². The van der Waals surface area contributed by atoms with E-state index in [1.54, 1.807) is 0 Å². The lowest BCUT2D eigenvalue weighted by Crippen LogP contribution is -2.13. The zero-order valence-electron chi connectivity index (χ0n) is 6.19. The molecule has 1 atom stereocenters. The highest BCUT2D eigenvalue weighted by Crippen LogP contribution is 1.91. The molecule has 0 aromatic rings. The normalized spacial score (nSPS) is 10.8. The van der Waals surface area contributed by atoms with Gasteiger partial charge in [0.2, 0.25) is 0 Å². The molecule has 2 N–H and O–H groups in total. The van der Waals surface area contributed by atoms with Gasteiger partial charge in [-0.25, -0.2) is 0 Å². The predicted octanol–water partition coefficient (Wildman–Crippen LogP) is -1.57. The quantitative estimate of drug-likeness (QED) is 0.232. The smallest absolute Gasteiger partial charge is 0.316 e. The predicted molar refractivity (Wildman–Crippen MR) is 37.6 cm³/mol. The summed E-state index contributed by atoms with van der Waals surface area (Å²) in [5.74, 6) is 3.46. The summed E-state index contributed by atoms with van der Waals surface area (Å²) in [6.07, 6.45) is -1.59. The summed E-state index contributed by atoms with van der Waals surface area (Å²) in [5, 5.41) is 17.1. The molecule has 0 spiro atoms. The summed E-state index contributed by atoms with van der Waals surface area (Å²) in [4.78, 5) is 20.1. The Morgan fingerprint density at radius 2 is 2.33 bits per heavy atom. The SMILES string of the molecule is O=COC(=O)CC(O)C#CCO. The van der Waals surface area contributed by atoms with Crippen molar-refractivity contribution in [2.75, 3.05) is 6.61 Å². The monoisotopic (exact) mass is 172 g/mol. The van der Waals surface area contributed by atoms with Crippen molar-refractivity contribution in [2.24, 2.45) is 0 Å². The molecule has 0 heterocycles. The summed E-state index contributed by atoms with van der Waals surface area (Å²) in [6, 6.07) is 0. The molecule has 0 aliphatic carbocycles. The highest BCUT2D eigenvalue weighted by atomic mass is 16.6. The van der Waals surface area contributed by atoms with Crippen molar-refractivity contribution in [3.8, 4) is 11.8 Å². The topological polar surface area (TPSA) is 83.8 Å². The van der Waals surface area contributed by atoms with Crippen molar-refractivity contribution in [3.05, 3.63) is 0 Å². The third-order valence-corrected chi connectivity index (χ3v) is 0.887. The zero-order chi connectivity index (χ0) is 9.40. The number of ether oxygens (including phenoxy) is 1. The first-order valence-corrected chi connectivity index (χ1v) is 3.11. The number of rotatable bonds is 3. The fraction of sp³-hybridized carbons (Fsp3) is 0.429. The highest BCUT2D eigenvalue weighted by Gasteiger charge is 2.08. The second kappa shape index (κ2) is 6.34. The molecule has 0 amide bonds. The van der Waals surface area contributed by atoms with Crippen molar-refractivity contribution in [1.29, 1.82) is 0 Å². The van der Waals surface area contributed by atoms with E-state index in [1.807, 2.05) is 0 Å². The third kappa shape index (κ3) is 5.41. The Labute approximate surface area is 69.0 Å². The minimum absolute atomic E-state index is 0.0193. The lowest BCUT2D eigenvalue weighted by Gasteiger charge is -1.98. The fourth-order valence-corrected chi connectivity index (χ4v) is 0.474. The van der Waals surface area contributed by atoms with Crippen molar-refractivity contribution in [3.63, 3.8) is 0 Å². The minimum atomic E-state index is -1.20. The molecule has 0 rings (SSSR count). The van der Waals surface area contributed by atoms with Crippen LogP contribution in [0.3, 0.4) is 0 Å². The third-order valence-electron chi connectivity index (χ3n) is 0.887. The van der Waals surface area contributed by atoms with Crippen LogP contribution in [0.4, 0.5) is 0 Å². The maximum atomic E-state index is 10.5. The second-order valence-corrected chi connectivity index (χ2v) is 1.79. The van der Waals surface area contributed by atoms with E-state index in [9.17, 15) is 9.59 Å². The van der Waals surface area contributed by atoms with E-state index in [0.717, 1.165) is 0 Å². The molecule has 0 aliphatic heterocycles. The largest absolute Gasteiger partial charge is 0.395 e. The van der Waals surface area contributed by atoms with Crippen LogP contribution in [0.1, 0.15) is 6.42 Å². The number of carbonyl (C=O) groups is 2. The maximum Gasteiger partial charge on any atom is 0.316 e. The van der Waals surface area contributed by atoms with E-state index >= 15 is 0 Å². The van der Waals surface area contributed by atoms with Crippen LogP contribution in [0.25, 0.3) is 0 Å². The Bertz CT molecular complexity index is 212. The second-order valence-electron chi connectivity index (χ2n) is 1.79. The van der Waals surface area contributed by atoms with E-state index < -0.39 is 12.1 Å². The van der Waals surface area contributed by atoms with E-state index in [4.69, 9.17) is 10.2 Å². The van der Waals surface area contributed by atoms with Gasteiger partial charge in [-0.1, -0.05) is 11.8 Å². The van der Waals surface area contributed by atoms with Gasteiger partial charge < -0.3 is 14.9 Å². The van der Waals surface area contributed by atoms with Gasteiger partial charge in [0, 0.05) is 0 Å². The zero-order valence-corrected chi connectivity index (χ0v) is 6.19. The number of carbonyl (C=O) groups excluding carboxylic acids is 2. The lowest BCUT2D eigenvalue weighted by molar-refractivity contribution is -0.152. The number of esters is 1. The number of aliphatic hydroxyl groups excluding tert-OH is 2. The first-order chi connectivity index (χ1) is 5.70. The van der Waals surface area contributed by atoms with Crippen LogP contribution in [0, 0.1) is 11.8 Å². The van der Waals surface area contributed by atoms with Crippen LogP contribution in [-0.4, -0.2) is 35.4 Å². The van der Waals surface area contributed by atoms with Gasteiger partial charge in [0.25, 0.3) is 0 Å². The summed E-state index contributed by atoms with van der Waals surface area (Å²) in [5.41, 5.74) is 0. The van der Waals surface area contributed by atoms with E-state index in [-0.39, 0.29) is 19.5 Å².